The van der Waals surface area contributed by atoms with E-state index in [0.29, 0.717) is 0 Å². The Labute approximate surface area is 121 Å². The first-order chi connectivity index (χ1) is 9.70. The van der Waals surface area contributed by atoms with Crippen LogP contribution in [0.5, 0.6) is 0 Å². The Kier molecular flexibility index (Phi) is 5.59. The van der Waals surface area contributed by atoms with Crippen LogP contribution >= 0.6 is 0 Å². The molecule has 0 saturated carbocycles. The quantitative estimate of drug-likeness (QED) is 0.747. The lowest BCUT2D eigenvalue weighted by molar-refractivity contribution is 0.199. The fourth-order valence-corrected chi connectivity index (χ4v) is 2.27. The zero-order chi connectivity index (χ0) is 14.4. The molecule has 1 aromatic heterocycles. The summed E-state index contributed by atoms with van der Waals surface area (Å²) in [5, 5.41) is 4.69. The minimum Gasteiger partial charge on any atom is -0.383 e. The lowest BCUT2D eigenvalue weighted by atomic mass is 10.1. The molecule has 0 unspecified atom stereocenters. The lowest BCUT2D eigenvalue weighted by Gasteiger charge is -2.11. The average molecular weight is 275 g/mol. The summed E-state index contributed by atoms with van der Waals surface area (Å²) >= 11 is 0. The average Bonchev–Trinajstić information content (AvgIpc) is 2.84. The molecule has 0 saturated heterocycles. The maximum atomic E-state index is 5.03. The van der Waals surface area contributed by atoms with Crippen LogP contribution in [0, 0.1) is 0 Å². The van der Waals surface area contributed by atoms with Gasteiger partial charge in [0, 0.05) is 45.0 Å². The van der Waals surface area contributed by atoms with Crippen molar-refractivity contribution in [2.24, 2.45) is 0 Å². The second kappa shape index (κ2) is 7.43. The van der Waals surface area contributed by atoms with Gasteiger partial charge in [-0.25, -0.2) is 0 Å². The number of hydrogen-bond acceptors (Lipinski definition) is 3. The lowest BCUT2D eigenvalue weighted by Crippen LogP contribution is -2.18. The van der Waals surface area contributed by atoms with Crippen LogP contribution in [0.3, 0.4) is 0 Å². The van der Waals surface area contributed by atoms with Gasteiger partial charge in [0.25, 0.3) is 0 Å². The van der Waals surface area contributed by atoms with E-state index in [0.717, 1.165) is 32.8 Å². The molecule has 0 bridgehead atoms. The van der Waals surface area contributed by atoms with E-state index in [-0.39, 0.29) is 0 Å². The molecule has 0 spiro atoms. The third kappa shape index (κ3) is 4.07. The normalized spacial score (nSPS) is 11.6. The third-order valence-electron chi connectivity index (χ3n) is 3.44. The third-order valence-corrected chi connectivity index (χ3v) is 3.44. The van der Waals surface area contributed by atoms with Gasteiger partial charge in [0.05, 0.1) is 6.61 Å². The van der Waals surface area contributed by atoms with Crippen LogP contribution in [0.4, 0.5) is 0 Å². The monoisotopic (exact) mass is 275 g/mol. The van der Waals surface area contributed by atoms with E-state index in [9.17, 15) is 0 Å². The number of aromatic nitrogens is 1. The number of likely N-dealkylation sites (N-methyl/N-ethyl adjacent to an activating group) is 1. The molecule has 0 atom stereocenters. The van der Waals surface area contributed by atoms with Crippen LogP contribution < -0.4 is 5.32 Å². The number of benzene rings is 1. The predicted octanol–water partition coefficient (Wildman–Crippen LogP) is 1.94. The number of hydrogen-bond donors (Lipinski definition) is 1. The van der Waals surface area contributed by atoms with Gasteiger partial charge < -0.3 is 19.5 Å². The first-order valence-corrected chi connectivity index (χ1v) is 7.13. The second-order valence-electron chi connectivity index (χ2n) is 5.38. The maximum absolute atomic E-state index is 5.03. The Morgan fingerprint density at radius 3 is 2.85 bits per heavy atom. The number of nitrogens with zero attached hydrogens (tertiary/aromatic N) is 2. The van der Waals surface area contributed by atoms with Crippen LogP contribution in [0.2, 0.25) is 0 Å². The van der Waals surface area contributed by atoms with Crippen molar-refractivity contribution in [2.45, 2.75) is 13.1 Å². The first kappa shape index (κ1) is 15.0. The first-order valence-electron chi connectivity index (χ1n) is 7.13. The van der Waals surface area contributed by atoms with Crippen LogP contribution in [0.1, 0.15) is 5.56 Å². The van der Waals surface area contributed by atoms with Crippen molar-refractivity contribution in [3.05, 3.63) is 36.0 Å². The van der Waals surface area contributed by atoms with Crippen LogP contribution in [0.25, 0.3) is 10.9 Å². The molecule has 0 fully saturated rings. The number of rotatable bonds is 8. The molecule has 110 valence electrons. The van der Waals surface area contributed by atoms with E-state index < -0.39 is 0 Å². The van der Waals surface area contributed by atoms with Gasteiger partial charge in [-0.3, -0.25) is 0 Å². The van der Waals surface area contributed by atoms with E-state index in [1.54, 1.807) is 7.11 Å². The maximum Gasteiger partial charge on any atom is 0.0587 e. The molecule has 0 aliphatic rings. The molecular formula is C16H25N3O. The van der Waals surface area contributed by atoms with Crippen molar-refractivity contribution in [1.29, 1.82) is 0 Å². The van der Waals surface area contributed by atoms with E-state index in [1.807, 2.05) is 0 Å². The Morgan fingerprint density at radius 2 is 2.10 bits per heavy atom. The smallest absolute Gasteiger partial charge is 0.0587 e. The van der Waals surface area contributed by atoms with Gasteiger partial charge in [-0.05, 0) is 43.2 Å². The van der Waals surface area contributed by atoms with Gasteiger partial charge in [-0.15, -0.1) is 0 Å². The highest BCUT2D eigenvalue weighted by Crippen LogP contribution is 2.17. The highest BCUT2D eigenvalue weighted by Gasteiger charge is 2.02. The Bertz CT molecular complexity index is 534. The molecule has 0 aliphatic carbocycles. The molecule has 4 nitrogen and oxygen atoms in total. The summed E-state index contributed by atoms with van der Waals surface area (Å²) in [6.07, 6.45) is 2.18. The SMILES string of the molecule is COCCNCc1ccc2c(ccn2CCN(C)C)c1. The summed E-state index contributed by atoms with van der Waals surface area (Å²) in [4.78, 5) is 2.21. The summed E-state index contributed by atoms with van der Waals surface area (Å²) in [5.41, 5.74) is 2.63. The van der Waals surface area contributed by atoms with Gasteiger partial charge in [0.1, 0.15) is 0 Å². The highest BCUT2D eigenvalue weighted by molar-refractivity contribution is 5.80. The van der Waals surface area contributed by atoms with Gasteiger partial charge in [0.2, 0.25) is 0 Å². The van der Waals surface area contributed by atoms with Crippen molar-refractivity contribution in [3.63, 3.8) is 0 Å². The molecule has 1 heterocycles. The van der Waals surface area contributed by atoms with Crippen molar-refractivity contribution < 1.29 is 4.74 Å². The standard InChI is InChI=1S/C16H25N3O/c1-18(2)9-10-19-8-6-15-12-14(4-5-16(15)19)13-17-7-11-20-3/h4-6,8,12,17H,7,9-11,13H2,1-3H3. The Morgan fingerprint density at radius 1 is 1.25 bits per heavy atom. The largest absolute Gasteiger partial charge is 0.383 e. The second-order valence-corrected chi connectivity index (χ2v) is 5.38. The molecule has 0 radical (unpaired) electrons. The minimum atomic E-state index is 0.753. The van der Waals surface area contributed by atoms with E-state index in [4.69, 9.17) is 4.74 Å². The number of methoxy groups -OCH3 is 1. The Balaban J connectivity index is 2.00. The summed E-state index contributed by atoms with van der Waals surface area (Å²) in [5.74, 6) is 0. The molecule has 0 aliphatic heterocycles. The number of ether oxygens (including phenoxy) is 1. The van der Waals surface area contributed by atoms with Crippen LogP contribution in [-0.2, 0) is 17.8 Å². The molecule has 0 amide bonds. The molecule has 2 rings (SSSR count). The van der Waals surface area contributed by atoms with Crippen LogP contribution in [-0.4, -0.2) is 50.4 Å². The highest BCUT2D eigenvalue weighted by atomic mass is 16.5. The van der Waals surface area contributed by atoms with Gasteiger partial charge in [-0.2, -0.15) is 0 Å². The van der Waals surface area contributed by atoms with Crippen molar-refractivity contribution in [2.75, 3.05) is 40.9 Å². The molecule has 1 N–H and O–H groups in total. The van der Waals surface area contributed by atoms with E-state index >= 15 is 0 Å². The summed E-state index contributed by atoms with van der Waals surface area (Å²) in [7, 11) is 5.94. The zero-order valence-corrected chi connectivity index (χ0v) is 12.7. The Hall–Kier alpha value is -1.36. The van der Waals surface area contributed by atoms with E-state index in [1.165, 1.54) is 16.5 Å². The minimum absolute atomic E-state index is 0.753. The van der Waals surface area contributed by atoms with Gasteiger partial charge >= 0.3 is 0 Å². The van der Waals surface area contributed by atoms with Gasteiger partial charge in [-0.1, -0.05) is 6.07 Å². The molecule has 20 heavy (non-hydrogen) atoms. The van der Waals surface area contributed by atoms with Crippen molar-refractivity contribution >= 4 is 10.9 Å². The predicted molar refractivity (Wildman–Crippen MR) is 84.1 cm³/mol. The zero-order valence-electron chi connectivity index (χ0n) is 12.7. The fourth-order valence-electron chi connectivity index (χ4n) is 2.27. The number of fused-ring (bicyclic) bond motifs is 1. The van der Waals surface area contributed by atoms with Crippen LogP contribution in [0.15, 0.2) is 30.5 Å². The summed E-state index contributed by atoms with van der Waals surface area (Å²) in [6, 6.07) is 8.89. The number of nitrogens with one attached hydrogen (secondary N) is 1. The molecule has 1 aromatic carbocycles. The molecule has 4 heteroatoms. The fraction of sp³-hybridized carbons (Fsp3) is 0.500. The topological polar surface area (TPSA) is 29.4 Å². The van der Waals surface area contributed by atoms with Gasteiger partial charge in [0.15, 0.2) is 0 Å². The molecule has 2 aromatic rings. The van der Waals surface area contributed by atoms with E-state index in [2.05, 4.69) is 59.3 Å². The molecular weight excluding hydrogens is 250 g/mol. The van der Waals surface area contributed by atoms with Crippen molar-refractivity contribution in [3.8, 4) is 0 Å². The summed E-state index contributed by atoms with van der Waals surface area (Å²) in [6.45, 7) is 4.62. The summed E-state index contributed by atoms with van der Waals surface area (Å²) < 4.78 is 7.35. The van der Waals surface area contributed by atoms with Crippen molar-refractivity contribution in [1.82, 2.24) is 14.8 Å².